The van der Waals surface area contributed by atoms with Crippen LogP contribution in [0.25, 0.3) is 0 Å². The molecule has 0 aromatic carbocycles. The smallest absolute Gasteiger partial charge is 0.462 e. The minimum atomic E-state index is -4.41. The lowest BCUT2D eigenvalue weighted by molar-refractivity contribution is -0.161. The predicted molar refractivity (Wildman–Crippen MR) is 229 cm³/mol. The number of carbonyl (C=O) groups is 3. The number of nitrogens with two attached hydrogens (primary N) is 1. The van der Waals surface area contributed by atoms with E-state index in [-0.39, 0.29) is 38.4 Å². The normalized spacial score (nSPS) is 13.9. The number of carbonyl (C=O) groups excluding carboxylic acids is 3. The fraction of sp³-hybridized carbons (Fsp3) is 0.667. The van der Waals surface area contributed by atoms with Gasteiger partial charge in [-0.15, -0.1) is 0 Å². The first-order chi connectivity index (χ1) is 27.2. The first-order valence-electron chi connectivity index (χ1n) is 21.4. The van der Waals surface area contributed by atoms with Crippen molar-refractivity contribution in [1.82, 2.24) is 0 Å². The van der Waals surface area contributed by atoms with Gasteiger partial charge in [0.2, 0.25) is 0 Å². The number of esters is 2. The highest BCUT2D eigenvalue weighted by Crippen LogP contribution is 2.43. The maximum Gasteiger partial charge on any atom is 0.472 e. The maximum absolute atomic E-state index is 12.6. The summed E-state index contributed by atoms with van der Waals surface area (Å²) >= 11 is 0. The molecule has 0 amide bonds. The number of ketones is 1. The number of allylic oxidation sites excluding steroid dienone is 12. The largest absolute Gasteiger partial charge is 0.472 e. The topological polar surface area (TPSA) is 151 Å². The Bertz CT molecular complexity index is 1210. The van der Waals surface area contributed by atoms with E-state index in [1.807, 2.05) is 24.3 Å². The summed E-state index contributed by atoms with van der Waals surface area (Å²) in [6, 6.07) is 0. The minimum absolute atomic E-state index is 0.0321. The van der Waals surface area contributed by atoms with Crippen LogP contribution in [0, 0.1) is 0 Å². The summed E-state index contributed by atoms with van der Waals surface area (Å²) in [5, 5.41) is 0. The average Bonchev–Trinajstić information content (AvgIpc) is 3.18. The van der Waals surface area contributed by atoms with Gasteiger partial charge in [0.1, 0.15) is 6.61 Å². The van der Waals surface area contributed by atoms with Gasteiger partial charge >= 0.3 is 19.8 Å². The van der Waals surface area contributed by atoms with Crippen molar-refractivity contribution in [3.8, 4) is 0 Å². The Morgan fingerprint density at radius 3 is 1.75 bits per heavy atom. The van der Waals surface area contributed by atoms with Gasteiger partial charge < -0.3 is 20.1 Å². The number of hydrogen-bond donors (Lipinski definition) is 2. The van der Waals surface area contributed by atoms with Crippen LogP contribution in [-0.4, -0.2) is 55.1 Å². The van der Waals surface area contributed by atoms with Gasteiger partial charge in [-0.3, -0.25) is 23.4 Å². The molecule has 0 fully saturated rings. The molecular weight excluding hydrogens is 729 g/mol. The monoisotopic (exact) mass is 806 g/mol. The molecule has 2 atom stereocenters. The number of hydrogen-bond acceptors (Lipinski definition) is 9. The van der Waals surface area contributed by atoms with Crippen molar-refractivity contribution in [1.29, 1.82) is 0 Å². The lowest BCUT2D eigenvalue weighted by Crippen LogP contribution is -2.29. The van der Waals surface area contributed by atoms with Crippen LogP contribution in [-0.2, 0) is 37.5 Å². The molecule has 11 heteroatoms. The third-order valence-electron chi connectivity index (χ3n) is 8.54. The van der Waals surface area contributed by atoms with E-state index in [2.05, 4.69) is 50.3 Å². The molecule has 0 aromatic rings. The predicted octanol–water partition coefficient (Wildman–Crippen LogP) is 11.5. The van der Waals surface area contributed by atoms with Gasteiger partial charge in [0.15, 0.2) is 11.9 Å². The van der Waals surface area contributed by atoms with Gasteiger partial charge in [0, 0.05) is 25.8 Å². The van der Waals surface area contributed by atoms with Gasteiger partial charge in [-0.1, -0.05) is 138 Å². The summed E-state index contributed by atoms with van der Waals surface area (Å²) in [6.07, 6.45) is 44.9. The zero-order chi connectivity index (χ0) is 41.2. The number of phosphoric ester groups is 1. The van der Waals surface area contributed by atoms with E-state index in [0.717, 1.165) is 64.2 Å². The summed E-state index contributed by atoms with van der Waals surface area (Å²) in [5.74, 6) is -0.777. The van der Waals surface area contributed by atoms with E-state index >= 15 is 0 Å². The molecule has 0 saturated heterocycles. The van der Waals surface area contributed by atoms with Crippen molar-refractivity contribution in [2.45, 2.75) is 168 Å². The molecule has 0 aliphatic rings. The highest BCUT2D eigenvalue weighted by molar-refractivity contribution is 7.47. The first-order valence-corrected chi connectivity index (χ1v) is 22.9. The van der Waals surface area contributed by atoms with E-state index in [1.165, 1.54) is 44.9 Å². The van der Waals surface area contributed by atoms with Crippen LogP contribution in [0.1, 0.15) is 162 Å². The molecule has 0 aromatic heterocycles. The standard InChI is InChI=1S/C45H76NO9P/c1-3-5-7-8-9-10-11-12-13-14-15-16-19-23-26-29-33-37-45(49)55-43(41-54-56(50,51)53-39-38-46)40-52-44(48)36-32-28-25-22-20-17-18-21-24-27-31-35-42(47)34-30-6-4-2/h9-10,12-13,17-18,22,24-25,27,31,35,43H,3-8,11,14-16,19-21,23,26,28-30,32-34,36-41,46H2,1-2H3,(H,50,51)/b10-9-,13-12-,18-17-,25-22-,27-24-,35-31+/t43-/m1/s1. The van der Waals surface area contributed by atoms with Crippen LogP contribution < -0.4 is 5.73 Å². The Hall–Kier alpha value is -2.88. The quantitative estimate of drug-likeness (QED) is 0.0153. The molecule has 0 heterocycles. The summed E-state index contributed by atoms with van der Waals surface area (Å²) in [6.45, 7) is 3.43. The second-order valence-electron chi connectivity index (χ2n) is 13.9. The Balaban J connectivity index is 4.32. The first kappa shape index (κ1) is 53.1. The second kappa shape index (κ2) is 40.3. The number of phosphoric acid groups is 1. The van der Waals surface area contributed by atoms with Gasteiger partial charge in [0.05, 0.1) is 13.2 Å². The van der Waals surface area contributed by atoms with Gasteiger partial charge in [-0.05, 0) is 76.7 Å². The van der Waals surface area contributed by atoms with Gasteiger partial charge in [0.25, 0.3) is 0 Å². The number of rotatable bonds is 39. The van der Waals surface area contributed by atoms with Crippen LogP contribution in [0.3, 0.4) is 0 Å². The fourth-order valence-corrected chi connectivity index (χ4v) is 6.08. The molecule has 0 rings (SSSR count). The molecule has 0 spiro atoms. The highest BCUT2D eigenvalue weighted by Gasteiger charge is 2.26. The Labute approximate surface area is 339 Å². The Morgan fingerprint density at radius 1 is 0.589 bits per heavy atom. The lowest BCUT2D eigenvalue weighted by Gasteiger charge is -2.19. The van der Waals surface area contributed by atoms with E-state index < -0.39 is 32.5 Å². The third-order valence-corrected chi connectivity index (χ3v) is 9.53. The lowest BCUT2D eigenvalue weighted by atomic mass is 10.1. The zero-order valence-corrected chi connectivity index (χ0v) is 35.7. The summed E-state index contributed by atoms with van der Waals surface area (Å²) in [4.78, 5) is 46.5. The van der Waals surface area contributed by atoms with Crippen molar-refractivity contribution >= 4 is 25.5 Å². The van der Waals surface area contributed by atoms with Crippen LogP contribution in [0.15, 0.2) is 72.9 Å². The number of ether oxygens (including phenoxy) is 2. The molecule has 56 heavy (non-hydrogen) atoms. The third kappa shape index (κ3) is 39.4. The molecule has 0 aliphatic heterocycles. The zero-order valence-electron chi connectivity index (χ0n) is 34.8. The van der Waals surface area contributed by atoms with Gasteiger partial charge in [-0.25, -0.2) is 4.57 Å². The summed E-state index contributed by atoms with van der Waals surface area (Å²) in [5.41, 5.74) is 5.34. The molecule has 0 radical (unpaired) electrons. The SMILES string of the molecule is CCCCC/C=C\C/C=C\CCCCCCCCCC(=O)O[C@H](COC(=O)CCC/C=C\C/C=C\C/C=C\C=C\C(=O)CCCCC)COP(=O)(O)OCCN. The van der Waals surface area contributed by atoms with Crippen molar-refractivity contribution in [2.75, 3.05) is 26.4 Å². The maximum atomic E-state index is 12.6. The van der Waals surface area contributed by atoms with E-state index in [0.29, 0.717) is 25.7 Å². The van der Waals surface area contributed by atoms with Crippen LogP contribution >= 0.6 is 7.82 Å². The van der Waals surface area contributed by atoms with Crippen LogP contribution in [0.5, 0.6) is 0 Å². The van der Waals surface area contributed by atoms with Crippen LogP contribution in [0.2, 0.25) is 0 Å². The van der Waals surface area contributed by atoms with E-state index in [4.69, 9.17) is 24.3 Å². The molecule has 0 aliphatic carbocycles. The average molecular weight is 806 g/mol. The fourth-order valence-electron chi connectivity index (χ4n) is 5.32. The molecule has 1 unspecified atom stereocenters. The van der Waals surface area contributed by atoms with Crippen molar-refractivity contribution < 1.29 is 42.4 Å². The summed E-state index contributed by atoms with van der Waals surface area (Å²) in [7, 11) is -4.41. The molecule has 0 bridgehead atoms. The van der Waals surface area contributed by atoms with Crippen molar-refractivity contribution in [3.05, 3.63) is 72.9 Å². The molecule has 0 saturated carbocycles. The van der Waals surface area contributed by atoms with Crippen molar-refractivity contribution in [2.24, 2.45) is 5.73 Å². The minimum Gasteiger partial charge on any atom is -0.462 e. The van der Waals surface area contributed by atoms with Crippen LogP contribution in [0.4, 0.5) is 0 Å². The van der Waals surface area contributed by atoms with Crippen molar-refractivity contribution in [3.63, 3.8) is 0 Å². The summed E-state index contributed by atoms with van der Waals surface area (Å²) < 4.78 is 32.7. The highest BCUT2D eigenvalue weighted by atomic mass is 31.2. The molecular formula is C45H76NO9P. The Morgan fingerprint density at radius 2 is 1.11 bits per heavy atom. The van der Waals surface area contributed by atoms with Gasteiger partial charge in [-0.2, -0.15) is 0 Å². The number of unbranched alkanes of at least 4 members (excludes halogenated alkanes) is 13. The van der Waals surface area contributed by atoms with E-state index in [1.54, 1.807) is 12.2 Å². The van der Waals surface area contributed by atoms with E-state index in [9.17, 15) is 23.8 Å². The Kier molecular flexibility index (Phi) is 38.2. The molecule has 3 N–H and O–H groups in total. The second-order valence-corrected chi connectivity index (χ2v) is 15.3. The molecule has 320 valence electrons. The molecule has 10 nitrogen and oxygen atoms in total.